The van der Waals surface area contributed by atoms with Crippen LogP contribution in [0.25, 0.3) is 0 Å². The number of thioether (sulfide) groups is 1. The molecule has 1 aliphatic rings. The third-order valence-corrected chi connectivity index (χ3v) is 5.04. The van der Waals surface area contributed by atoms with Gasteiger partial charge in [-0.1, -0.05) is 36.0 Å². The molecule has 0 fully saturated rings. The number of aryl methyl sites for hydroxylation is 2. The van der Waals surface area contributed by atoms with E-state index >= 15 is 0 Å². The number of hydrogen-bond donors (Lipinski definition) is 2. The lowest BCUT2D eigenvalue weighted by molar-refractivity contribution is -0.121. The highest BCUT2D eigenvalue weighted by Gasteiger charge is 2.23. The second-order valence-electron chi connectivity index (χ2n) is 6.00. The van der Waals surface area contributed by atoms with Crippen LogP contribution in [0.5, 0.6) is 0 Å². The number of benzene rings is 1. The minimum absolute atomic E-state index is 0.0237. The zero-order chi connectivity index (χ0) is 17.1. The minimum Gasteiger partial charge on any atom is -0.349 e. The number of fused-ring (bicyclic) bond motifs is 1. The van der Waals surface area contributed by atoms with Crippen molar-refractivity contribution in [2.24, 2.45) is 0 Å². The van der Waals surface area contributed by atoms with E-state index in [1.165, 1.54) is 22.9 Å². The number of H-pyrrole nitrogens is 1. The van der Waals surface area contributed by atoms with Crippen molar-refractivity contribution in [3.05, 3.63) is 57.0 Å². The fourth-order valence-corrected chi connectivity index (χ4v) is 3.61. The van der Waals surface area contributed by atoms with Crippen LogP contribution in [0.3, 0.4) is 0 Å². The van der Waals surface area contributed by atoms with E-state index in [-0.39, 0.29) is 17.5 Å². The number of hydrogen-bond acceptors (Lipinski definition) is 4. The zero-order valence-electron chi connectivity index (χ0n) is 13.9. The van der Waals surface area contributed by atoms with E-state index in [0.29, 0.717) is 29.3 Å². The second kappa shape index (κ2) is 7.21. The summed E-state index contributed by atoms with van der Waals surface area (Å²) in [5.74, 6) is -0.0237. The number of nitrogens with one attached hydrogen (secondary N) is 2. The molecular formula is C18H21N3O2S. The van der Waals surface area contributed by atoms with E-state index in [2.05, 4.69) is 27.4 Å². The smallest absolute Gasteiger partial charge is 0.254 e. The number of nitrogens with zero attached hydrogens (tertiary/aromatic N) is 1. The van der Waals surface area contributed by atoms with Gasteiger partial charge in [-0.3, -0.25) is 9.59 Å². The van der Waals surface area contributed by atoms with Gasteiger partial charge in [-0.15, -0.1) is 0 Å². The Morgan fingerprint density at radius 1 is 1.42 bits per heavy atom. The van der Waals surface area contributed by atoms with E-state index in [1.807, 2.05) is 25.3 Å². The average molecular weight is 343 g/mol. The summed E-state index contributed by atoms with van der Waals surface area (Å²) in [6, 6.07) is 8.32. The third kappa shape index (κ3) is 3.53. The van der Waals surface area contributed by atoms with Crippen molar-refractivity contribution >= 4 is 17.7 Å². The molecule has 1 atom stereocenters. The van der Waals surface area contributed by atoms with Gasteiger partial charge in [0.1, 0.15) is 0 Å². The molecule has 1 aliphatic carbocycles. The van der Waals surface area contributed by atoms with E-state index in [0.717, 1.165) is 12.8 Å². The molecule has 5 nitrogen and oxygen atoms in total. The van der Waals surface area contributed by atoms with E-state index < -0.39 is 0 Å². The summed E-state index contributed by atoms with van der Waals surface area (Å²) < 4.78 is 0. The molecule has 126 valence electrons. The summed E-state index contributed by atoms with van der Waals surface area (Å²) in [7, 11) is 0. The molecule has 0 radical (unpaired) electrons. The van der Waals surface area contributed by atoms with Crippen LogP contribution in [0.15, 0.2) is 34.2 Å². The van der Waals surface area contributed by atoms with Gasteiger partial charge < -0.3 is 10.3 Å². The van der Waals surface area contributed by atoms with Crippen LogP contribution in [-0.2, 0) is 17.6 Å². The quantitative estimate of drug-likeness (QED) is 0.646. The summed E-state index contributed by atoms with van der Waals surface area (Å²) in [6.07, 6.45) is 4.50. The van der Waals surface area contributed by atoms with Crippen molar-refractivity contribution in [2.45, 2.75) is 43.8 Å². The molecule has 1 aromatic heterocycles. The summed E-state index contributed by atoms with van der Waals surface area (Å²) in [5.41, 5.74) is 3.67. The van der Waals surface area contributed by atoms with Gasteiger partial charge in [-0.2, -0.15) is 0 Å². The first kappa shape index (κ1) is 16.8. The van der Waals surface area contributed by atoms with Crippen LogP contribution >= 0.6 is 11.8 Å². The summed E-state index contributed by atoms with van der Waals surface area (Å²) in [6.45, 7) is 1.81. The van der Waals surface area contributed by atoms with Crippen LogP contribution in [0.4, 0.5) is 0 Å². The van der Waals surface area contributed by atoms with E-state index in [1.54, 1.807) is 0 Å². The molecule has 0 bridgehead atoms. The molecule has 0 saturated carbocycles. The maximum atomic E-state index is 12.3. The Kier molecular flexibility index (Phi) is 5.04. The number of amides is 1. The lowest BCUT2D eigenvalue weighted by Gasteiger charge is -2.14. The fourth-order valence-electron chi connectivity index (χ4n) is 3.19. The van der Waals surface area contributed by atoms with Gasteiger partial charge in [-0.25, -0.2) is 4.98 Å². The van der Waals surface area contributed by atoms with Crippen LogP contribution in [0.1, 0.15) is 41.3 Å². The van der Waals surface area contributed by atoms with Crippen LogP contribution in [0, 0.1) is 6.92 Å². The number of carbonyl (C=O) groups is 1. The molecule has 6 heteroatoms. The Labute approximate surface area is 145 Å². The SMILES string of the molecule is CSc1nc(C)c(CCC(=O)NC2CCc3ccccc32)c(=O)[nH]1. The highest BCUT2D eigenvalue weighted by molar-refractivity contribution is 7.98. The first-order chi connectivity index (χ1) is 11.6. The van der Waals surface area contributed by atoms with Gasteiger partial charge in [0.05, 0.1) is 6.04 Å². The molecule has 0 saturated heterocycles. The predicted molar refractivity (Wildman–Crippen MR) is 95.3 cm³/mol. The molecule has 0 spiro atoms. The Morgan fingerprint density at radius 2 is 2.21 bits per heavy atom. The zero-order valence-corrected chi connectivity index (χ0v) is 14.7. The van der Waals surface area contributed by atoms with Crippen molar-refractivity contribution in [3.8, 4) is 0 Å². The number of carbonyl (C=O) groups excluding carboxylic acids is 1. The summed E-state index contributed by atoms with van der Waals surface area (Å²) in [5, 5.41) is 3.70. The highest BCUT2D eigenvalue weighted by atomic mass is 32.2. The topological polar surface area (TPSA) is 74.8 Å². The first-order valence-electron chi connectivity index (χ1n) is 8.09. The van der Waals surface area contributed by atoms with E-state index in [4.69, 9.17) is 0 Å². The standard InChI is InChI=1S/C18H21N3O2S/c1-11-13(17(23)21-18(19-11)24-2)8-10-16(22)20-15-9-7-12-5-3-4-6-14(12)15/h3-6,15H,7-10H2,1-2H3,(H,20,22)(H,19,21,23). The first-order valence-corrected chi connectivity index (χ1v) is 9.32. The molecular weight excluding hydrogens is 322 g/mol. The Bertz CT molecular complexity index is 816. The van der Waals surface area contributed by atoms with Crippen molar-refractivity contribution < 1.29 is 4.79 Å². The highest BCUT2D eigenvalue weighted by Crippen LogP contribution is 2.30. The molecule has 0 aliphatic heterocycles. The molecule has 2 aromatic rings. The van der Waals surface area contributed by atoms with Crippen molar-refractivity contribution in [1.29, 1.82) is 0 Å². The van der Waals surface area contributed by atoms with Gasteiger partial charge in [0, 0.05) is 17.7 Å². The summed E-state index contributed by atoms with van der Waals surface area (Å²) in [4.78, 5) is 31.5. The predicted octanol–water partition coefficient (Wildman–Crippen LogP) is 2.54. The maximum absolute atomic E-state index is 12.3. The van der Waals surface area contributed by atoms with Gasteiger partial charge in [0.25, 0.3) is 5.56 Å². The number of rotatable bonds is 5. The molecule has 24 heavy (non-hydrogen) atoms. The number of aromatic amines is 1. The molecule has 3 rings (SSSR count). The monoisotopic (exact) mass is 343 g/mol. The Hall–Kier alpha value is -2.08. The van der Waals surface area contributed by atoms with Crippen LogP contribution in [-0.4, -0.2) is 22.1 Å². The third-order valence-electron chi connectivity index (χ3n) is 4.46. The molecule has 1 heterocycles. The molecule has 2 N–H and O–H groups in total. The van der Waals surface area contributed by atoms with Crippen molar-refractivity contribution in [2.75, 3.05) is 6.26 Å². The normalized spacial score (nSPS) is 16.0. The minimum atomic E-state index is -0.147. The van der Waals surface area contributed by atoms with Gasteiger partial charge in [0.15, 0.2) is 5.16 Å². The Balaban J connectivity index is 1.62. The largest absolute Gasteiger partial charge is 0.349 e. The van der Waals surface area contributed by atoms with Gasteiger partial charge >= 0.3 is 0 Å². The maximum Gasteiger partial charge on any atom is 0.254 e. The van der Waals surface area contributed by atoms with Crippen molar-refractivity contribution in [1.82, 2.24) is 15.3 Å². The van der Waals surface area contributed by atoms with Gasteiger partial charge in [-0.05, 0) is 43.6 Å². The Morgan fingerprint density at radius 3 is 2.96 bits per heavy atom. The molecule has 1 unspecified atom stereocenters. The molecule has 1 amide bonds. The van der Waals surface area contributed by atoms with Crippen LogP contribution in [0.2, 0.25) is 0 Å². The van der Waals surface area contributed by atoms with Crippen LogP contribution < -0.4 is 10.9 Å². The summed E-state index contributed by atoms with van der Waals surface area (Å²) >= 11 is 1.40. The second-order valence-corrected chi connectivity index (χ2v) is 6.79. The van der Waals surface area contributed by atoms with Crippen molar-refractivity contribution in [3.63, 3.8) is 0 Å². The lowest BCUT2D eigenvalue weighted by atomic mass is 10.1. The van der Waals surface area contributed by atoms with Gasteiger partial charge in [0.2, 0.25) is 5.91 Å². The lowest BCUT2D eigenvalue weighted by Crippen LogP contribution is -2.28. The van der Waals surface area contributed by atoms with E-state index in [9.17, 15) is 9.59 Å². The number of aromatic nitrogens is 2. The fraction of sp³-hybridized carbons (Fsp3) is 0.389. The molecule has 1 aromatic carbocycles. The average Bonchev–Trinajstić information content (AvgIpc) is 2.97.